The van der Waals surface area contributed by atoms with Crippen LogP contribution in [0.3, 0.4) is 0 Å². The molecule has 0 bridgehead atoms. The van der Waals surface area contributed by atoms with E-state index < -0.39 is 5.41 Å². The fraction of sp³-hybridized carbons (Fsp3) is 0.0385. The molecular weight excluding hydrogens is 667 g/mol. The first kappa shape index (κ1) is 32.5. The van der Waals surface area contributed by atoms with Crippen molar-refractivity contribution in [3.05, 3.63) is 251 Å². The van der Waals surface area contributed by atoms with E-state index in [0.717, 1.165) is 33.7 Å². The second kappa shape index (κ2) is 13.7. The number of nitrogens with zero attached hydrogens (tertiary/aromatic N) is 2. The zero-order valence-corrected chi connectivity index (χ0v) is 30.2. The van der Waals surface area contributed by atoms with Crippen LogP contribution in [0.15, 0.2) is 222 Å². The molecule has 10 rings (SSSR count). The van der Waals surface area contributed by atoms with Crippen LogP contribution >= 0.6 is 0 Å². The van der Waals surface area contributed by atoms with Crippen LogP contribution < -0.4 is 5.32 Å². The Kier molecular flexibility index (Phi) is 8.11. The molecule has 3 nitrogen and oxygen atoms in total. The molecule has 1 atom stereocenters. The van der Waals surface area contributed by atoms with Gasteiger partial charge in [-0.25, -0.2) is 9.98 Å². The highest BCUT2D eigenvalue weighted by atomic mass is 15.2. The van der Waals surface area contributed by atoms with E-state index in [1.165, 1.54) is 44.5 Å². The van der Waals surface area contributed by atoms with E-state index in [1.54, 1.807) is 0 Å². The van der Waals surface area contributed by atoms with Crippen LogP contribution in [0.1, 0.15) is 45.1 Å². The minimum atomic E-state index is -0.442. The predicted molar refractivity (Wildman–Crippen MR) is 226 cm³/mol. The molecule has 3 heteroatoms. The molecule has 0 radical (unpaired) electrons. The molecule has 1 unspecified atom stereocenters. The van der Waals surface area contributed by atoms with Gasteiger partial charge in [-0.15, -0.1) is 0 Å². The maximum absolute atomic E-state index is 5.13. The van der Waals surface area contributed by atoms with E-state index in [-0.39, 0.29) is 6.17 Å². The fourth-order valence-electron chi connectivity index (χ4n) is 8.47. The van der Waals surface area contributed by atoms with Gasteiger partial charge < -0.3 is 5.32 Å². The van der Waals surface area contributed by atoms with Crippen LogP contribution in [-0.2, 0) is 5.41 Å². The molecule has 0 aromatic heterocycles. The van der Waals surface area contributed by atoms with E-state index in [9.17, 15) is 0 Å². The van der Waals surface area contributed by atoms with Crippen LogP contribution in [0, 0.1) is 0 Å². The molecule has 1 aliphatic heterocycles. The Labute approximate surface area is 322 Å². The fourth-order valence-corrected chi connectivity index (χ4v) is 8.47. The lowest BCUT2D eigenvalue weighted by molar-refractivity contribution is 0.674. The van der Waals surface area contributed by atoms with Gasteiger partial charge in [-0.3, -0.25) is 0 Å². The molecule has 8 aromatic rings. The van der Waals surface area contributed by atoms with Crippen molar-refractivity contribution in [2.24, 2.45) is 9.98 Å². The summed E-state index contributed by atoms with van der Waals surface area (Å²) in [4.78, 5) is 10.2. The van der Waals surface area contributed by atoms with E-state index in [2.05, 4.69) is 193 Å². The van der Waals surface area contributed by atoms with Crippen LogP contribution in [0.5, 0.6) is 0 Å². The Morgan fingerprint density at radius 3 is 1.53 bits per heavy atom. The Bertz CT molecular complexity index is 2680. The Hall–Kier alpha value is -7.10. The van der Waals surface area contributed by atoms with Crippen molar-refractivity contribution in [2.75, 3.05) is 0 Å². The van der Waals surface area contributed by atoms with Gasteiger partial charge in [0.2, 0.25) is 0 Å². The Morgan fingerprint density at radius 2 is 0.873 bits per heavy atom. The van der Waals surface area contributed by atoms with Gasteiger partial charge in [-0.1, -0.05) is 194 Å². The number of rotatable bonds is 7. The number of nitrogens with one attached hydrogen (secondary N) is 1. The quantitative estimate of drug-likeness (QED) is 0.176. The van der Waals surface area contributed by atoms with E-state index >= 15 is 0 Å². The third kappa shape index (κ3) is 5.69. The highest BCUT2D eigenvalue weighted by Gasteiger charge is 2.46. The van der Waals surface area contributed by atoms with E-state index in [1.807, 2.05) is 24.3 Å². The van der Waals surface area contributed by atoms with Crippen molar-refractivity contribution in [3.8, 4) is 33.4 Å². The number of hydrogen-bond acceptors (Lipinski definition) is 3. The van der Waals surface area contributed by atoms with Gasteiger partial charge >= 0.3 is 0 Å². The molecule has 0 amide bonds. The number of amidine groups is 2. The minimum absolute atomic E-state index is 0.249. The first-order valence-electron chi connectivity index (χ1n) is 18.9. The topological polar surface area (TPSA) is 36.8 Å². The minimum Gasteiger partial charge on any atom is -0.344 e. The predicted octanol–water partition coefficient (Wildman–Crippen LogP) is 11.9. The van der Waals surface area contributed by atoms with Gasteiger partial charge in [-0.05, 0) is 79.4 Å². The van der Waals surface area contributed by atoms with Crippen molar-refractivity contribution in [2.45, 2.75) is 11.6 Å². The van der Waals surface area contributed by atoms with Crippen LogP contribution in [-0.4, -0.2) is 11.7 Å². The van der Waals surface area contributed by atoms with E-state index in [4.69, 9.17) is 9.98 Å². The summed E-state index contributed by atoms with van der Waals surface area (Å²) in [6.07, 6.45) is -0.249. The molecule has 0 fully saturated rings. The van der Waals surface area contributed by atoms with Crippen LogP contribution in [0.2, 0.25) is 0 Å². The zero-order chi connectivity index (χ0) is 36.6. The second-order valence-corrected chi connectivity index (χ2v) is 14.2. The Balaban J connectivity index is 1.07. The maximum Gasteiger partial charge on any atom is 0.159 e. The van der Waals surface area contributed by atoms with Crippen LogP contribution in [0.25, 0.3) is 33.4 Å². The summed E-state index contributed by atoms with van der Waals surface area (Å²) in [5, 5.41) is 3.57. The monoisotopic (exact) mass is 703 g/mol. The second-order valence-electron chi connectivity index (χ2n) is 14.2. The molecule has 0 spiro atoms. The first-order valence-corrected chi connectivity index (χ1v) is 18.9. The summed E-state index contributed by atoms with van der Waals surface area (Å²) in [7, 11) is 0. The number of hydrogen-bond donors (Lipinski definition) is 1. The SMILES string of the molecule is c1ccc(C2=NC(c3cccc(-c4cccc(-c5ccc6c(c5)C(c5ccccc5)(c5ccccc5)c5ccccc5-6)c4)c3)=NC(c3ccccc3)N2)cc1. The normalized spacial score (nSPS) is 15.2. The van der Waals surface area contributed by atoms with Crippen molar-refractivity contribution in [3.63, 3.8) is 0 Å². The van der Waals surface area contributed by atoms with Crippen molar-refractivity contribution < 1.29 is 0 Å². The van der Waals surface area contributed by atoms with Crippen molar-refractivity contribution in [1.82, 2.24) is 5.32 Å². The summed E-state index contributed by atoms with van der Waals surface area (Å²) in [5.74, 6) is 1.52. The number of fused-ring (bicyclic) bond motifs is 3. The lowest BCUT2D eigenvalue weighted by Gasteiger charge is -2.34. The molecule has 0 saturated carbocycles. The Morgan fingerprint density at radius 1 is 0.382 bits per heavy atom. The molecular formula is C52H37N3. The van der Waals surface area contributed by atoms with Crippen LogP contribution in [0.4, 0.5) is 0 Å². The highest BCUT2D eigenvalue weighted by molar-refractivity contribution is 6.13. The summed E-state index contributed by atoms with van der Waals surface area (Å²) < 4.78 is 0. The van der Waals surface area contributed by atoms with Gasteiger partial charge in [0.05, 0.1) is 5.41 Å². The standard InChI is InChI=1S/C52H37N3/c1-5-17-36(18-6-1)49-53-50(37-19-7-2-8-20-37)55-51(54-49)42-24-16-23-40(34-42)38-21-15-22-39(33-38)41-31-32-46-45-29-13-14-30-47(45)52(48(46)35-41,43-25-9-3-10-26-43)44-27-11-4-12-28-44/h1-35,49H,(H,53,54,55). The van der Waals surface area contributed by atoms with Gasteiger partial charge in [0, 0.05) is 11.1 Å². The number of benzene rings is 8. The zero-order valence-electron chi connectivity index (χ0n) is 30.2. The molecule has 0 saturated heterocycles. The highest BCUT2D eigenvalue weighted by Crippen LogP contribution is 2.56. The molecule has 2 aliphatic rings. The van der Waals surface area contributed by atoms with Gasteiger partial charge in [0.25, 0.3) is 0 Å². The van der Waals surface area contributed by atoms with Gasteiger partial charge in [0.15, 0.2) is 5.84 Å². The molecule has 1 N–H and O–H groups in total. The average molecular weight is 704 g/mol. The smallest absolute Gasteiger partial charge is 0.159 e. The third-order valence-electron chi connectivity index (χ3n) is 11.0. The molecule has 1 aliphatic carbocycles. The molecule has 1 heterocycles. The number of aliphatic imine (C=N–C) groups is 2. The first-order chi connectivity index (χ1) is 27.3. The van der Waals surface area contributed by atoms with Crippen molar-refractivity contribution >= 4 is 11.7 Å². The molecule has 55 heavy (non-hydrogen) atoms. The summed E-state index contributed by atoms with van der Waals surface area (Å²) in [6.45, 7) is 0. The molecule has 260 valence electrons. The third-order valence-corrected chi connectivity index (χ3v) is 11.0. The van der Waals surface area contributed by atoms with E-state index in [0.29, 0.717) is 5.84 Å². The summed E-state index contributed by atoms with van der Waals surface area (Å²) in [6, 6.07) is 76.0. The average Bonchev–Trinajstić information content (AvgIpc) is 3.58. The lowest BCUT2D eigenvalue weighted by Crippen LogP contribution is -2.33. The molecule has 8 aromatic carbocycles. The van der Waals surface area contributed by atoms with Gasteiger partial charge in [-0.2, -0.15) is 0 Å². The summed E-state index contributed by atoms with van der Waals surface area (Å²) in [5.41, 5.74) is 15.0. The van der Waals surface area contributed by atoms with Crippen molar-refractivity contribution in [1.29, 1.82) is 0 Å². The lowest BCUT2D eigenvalue weighted by atomic mass is 9.67. The maximum atomic E-state index is 5.13. The summed E-state index contributed by atoms with van der Waals surface area (Å²) >= 11 is 0. The van der Waals surface area contributed by atoms with Gasteiger partial charge in [0.1, 0.15) is 12.0 Å². The largest absolute Gasteiger partial charge is 0.344 e.